The number of nitrogens with two attached hydrogens (primary N) is 4. The Morgan fingerprint density at radius 1 is 0.451 bits per heavy atom. The van der Waals surface area contributed by atoms with Gasteiger partial charge in [-0.3, -0.25) is 18.9 Å². The molecular weight excluding hydrogens is 1290 g/mol. The van der Waals surface area contributed by atoms with Crippen LogP contribution in [-0.2, 0) is 67.9 Å². The molecule has 0 saturated carbocycles. The minimum atomic E-state index is -5.07. The van der Waals surface area contributed by atoms with Gasteiger partial charge in [0.05, 0.1) is 41.7 Å². The number of aromatic nitrogens is 1. The summed E-state index contributed by atoms with van der Waals surface area (Å²) in [7, 11) is -23.2. The summed E-state index contributed by atoms with van der Waals surface area (Å²) >= 11 is 0. The number of benzene rings is 9. The van der Waals surface area contributed by atoms with Crippen molar-refractivity contribution in [1.82, 2.24) is 4.57 Å². The van der Waals surface area contributed by atoms with Crippen molar-refractivity contribution in [1.29, 1.82) is 0 Å². The highest BCUT2D eigenvalue weighted by Crippen LogP contribution is 2.51. The van der Waals surface area contributed by atoms with E-state index in [0.29, 0.717) is 16.5 Å². The third kappa shape index (κ3) is 11.7. The summed E-state index contributed by atoms with van der Waals surface area (Å²) in [4.78, 5) is 30.3. The van der Waals surface area contributed by atoms with E-state index in [2.05, 4.69) is 17.1 Å². The number of fused-ring (bicyclic) bond motifs is 2. The Bertz CT molecular complexity index is 5390. The first-order valence-corrected chi connectivity index (χ1v) is 33.8. The largest absolute Gasteiger partial charge is 0.455 e. The highest BCUT2D eigenvalue weighted by molar-refractivity contribution is 7.87. The first-order chi connectivity index (χ1) is 43.0. The lowest BCUT2D eigenvalue weighted by Crippen LogP contribution is -2.34. The summed E-state index contributed by atoms with van der Waals surface area (Å²) in [5.74, 6) is 19.3. The van der Waals surface area contributed by atoms with Crippen molar-refractivity contribution in [2.45, 2.75) is 59.1 Å². The molecular formula is C60H50N6O20S5. The molecule has 0 saturated heterocycles. The second kappa shape index (κ2) is 23.6. The van der Waals surface area contributed by atoms with Crippen molar-refractivity contribution >= 4 is 99.9 Å². The van der Waals surface area contributed by atoms with Gasteiger partial charge in [0.2, 0.25) is 0 Å². The predicted molar refractivity (Wildman–Crippen MR) is 334 cm³/mol. The number of para-hydroxylation sites is 2. The molecule has 2 aromatic heterocycles. The van der Waals surface area contributed by atoms with Gasteiger partial charge in [0.15, 0.2) is 11.3 Å². The van der Waals surface area contributed by atoms with Gasteiger partial charge >= 0.3 is 50.8 Å². The molecule has 9 aromatic carbocycles. The lowest BCUT2D eigenvalue weighted by molar-refractivity contribution is 0.332. The standard InChI is InChI=1S/C60H50N6O20S5/c1-31(2)41-9-7-10-42(32(3)4)56(41)66-59(67)47-29-51(82-57-45(34-14-20-38(21-15-34)88(71,72)84-62)26-36(65-91(77,78)79)27-46(57)35-16-22-39(23-17-35)89(73,74)85-63)54-43-8-5-6-11-49(43)81-58-52(30-48(60(66)68)53(47)55(54)58)80-50-25-24-40(90(75,76)86-64)28-44(50)33-12-18-37(19-13-33)87(69,70)83-61/h5-32,65H,61-64H2,1-4H3,(H,77,78,79). The molecule has 0 aliphatic heterocycles. The number of anilines is 1. The highest BCUT2D eigenvalue weighted by atomic mass is 32.2. The van der Waals surface area contributed by atoms with E-state index in [1.54, 1.807) is 36.4 Å². The number of hydrogen-bond donors (Lipinski definition) is 6. The van der Waals surface area contributed by atoms with Crippen molar-refractivity contribution in [2.75, 3.05) is 4.72 Å². The highest BCUT2D eigenvalue weighted by Gasteiger charge is 2.31. The van der Waals surface area contributed by atoms with E-state index in [4.69, 9.17) is 37.5 Å². The molecule has 91 heavy (non-hydrogen) atoms. The fourth-order valence-corrected chi connectivity index (χ4v) is 13.6. The molecule has 0 aliphatic carbocycles. The Labute approximate surface area is 518 Å². The predicted octanol–water partition coefficient (Wildman–Crippen LogP) is 9.20. The van der Waals surface area contributed by atoms with E-state index in [0.717, 1.165) is 53.1 Å². The summed E-state index contributed by atoms with van der Waals surface area (Å²) in [6.45, 7) is 7.57. The zero-order valence-corrected chi connectivity index (χ0v) is 51.8. The molecule has 0 unspecified atom stereocenters. The zero-order chi connectivity index (χ0) is 65.4. The molecule has 26 nitrogen and oxygen atoms in total. The Hall–Kier alpha value is -9.03. The maximum absolute atomic E-state index is 16.0. The molecule has 11 aromatic rings. The number of ether oxygens (including phenoxy) is 2. The average Bonchev–Trinajstić information content (AvgIpc) is 0.697. The molecule has 11 rings (SSSR count). The molecule has 0 fully saturated rings. The third-order valence-electron chi connectivity index (χ3n) is 15.0. The summed E-state index contributed by atoms with van der Waals surface area (Å²) in [5.41, 5.74) is -0.186. The zero-order valence-electron chi connectivity index (χ0n) is 47.7. The van der Waals surface area contributed by atoms with E-state index in [-0.39, 0.29) is 123 Å². The third-order valence-corrected chi connectivity index (χ3v) is 19.9. The van der Waals surface area contributed by atoms with Crippen molar-refractivity contribution < 1.29 is 77.7 Å². The van der Waals surface area contributed by atoms with E-state index < -0.39 is 76.6 Å². The summed E-state index contributed by atoms with van der Waals surface area (Å²) in [6.07, 6.45) is 0. The van der Waals surface area contributed by atoms with Crippen LogP contribution in [0.4, 0.5) is 5.69 Å². The Kier molecular flexibility index (Phi) is 16.5. The van der Waals surface area contributed by atoms with Crippen LogP contribution in [-0.4, -0.2) is 51.2 Å². The van der Waals surface area contributed by atoms with Gasteiger partial charge in [-0.15, -0.1) is 0 Å². The molecule has 0 spiro atoms. The Balaban J connectivity index is 1.30. The van der Waals surface area contributed by atoms with Crippen LogP contribution in [0.1, 0.15) is 50.7 Å². The molecule has 2 heterocycles. The van der Waals surface area contributed by atoms with Gasteiger partial charge < -0.3 is 13.9 Å². The maximum atomic E-state index is 16.0. The van der Waals surface area contributed by atoms with Crippen LogP contribution in [0.15, 0.2) is 191 Å². The number of nitrogens with one attached hydrogen (secondary N) is 1. The number of pyridine rings is 1. The van der Waals surface area contributed by atoms with Crippen molar-refractivity contribution in [2.24, 2.45) is 23.6 Å². The van der Waals surface area contributed by atoms with Crippen LogP contribution in [0.25, 0.3) is 82.6 Å². The molecule has 10 N–H and O–H groups in total. The molecule has 31 heteroatoms. The summed E-state index contributed by atoms with van der Waals surface area (Å²) in [5, 5.41) is 0.267. The molecule has 470 valence electrons. The summed E-state index contributed by atoms with van der Waals surface area (Å²) in [6, 6.07) is 35.2. The van der Waals surface area contributed by atoms with Gasteiger partial charge in [0, 0.05) is 38.2 Å². The van der Waals surface area contributed by atoms with E-state index >= 15 is 9.59 Å². The topological polar surface area (TPSA) is 415 Å². The molecule has 0 aliphatic rings. The SMILES string of the molecule is CC(C)c1cccc(C(C)C)c1-n1c(=O)c2cc(Oc3ccc(S(=O)(=O)ON)cc3-c3ccc(S(=O)(=O)ON)cc3)c3oc4ccccc4c4c(Oc5c(-c6ccc(S(=O)(=O)ON)cc6)cc(NS(=O)(=O)O)cc5-c5ccc(S(=O)(=O)ON)cc5)cc(c1=O)c2c34. The first kappa shape index (κ1) is 63.5. The molecule has 0 amide bonds. The van der Waals surface area contributed by atoms with E-state index in [1.165, 1.54) is 66.7 Å². The van der Waals surface area contributed by atoms with Crippen molar-refractivity contribution in [3.63, 3.8) is 0 Å². The normalized spacial score (nSPS) is 12.7. The second-order valence-electron chi connectivity index (χ2n) is 21.1. The quantitative estimate of drug-likeness (QED) is 0.0179. The lowest BCUT2D eigenvalue weighted by Gasteiger charge is -2.24. The van der Waals surface area contributed by atoms with Crippen molar-refractivity contribution in [3.05, 3.63) is 190 Å². The maximum Gasteiger partial charge on any atom is 0.357 e. The van der Waals surface area contributed by atoms with Crippen LogP contribution >= 0.6 is 0 Å². The van der Waals surface area contributed by atoms with Crippen LogP contribution in [0, 0.1) is 0 Å². The van der Waals surface area contributed by atoms with Gasteiger partial charge in [-0.05, 0) is 125 Å². The van der Waals surface area contributed by atoms with Crippen LogP contribution in [0.5, 0.6) is 23.0 Å². The van der Waals surface area contributed by atoms with Crippen LogP contribution < -0.4 is 48.9 Å². The van der Waals surface area contributed by atoms with Crippen molar-refractivity contribution in [3.8, 4) is 62.1 Å². The van der Waals surface area contributed by atoms with Gasteiger partial charge in [0.1, 0.15) is 22.8 Å². The minimum absolute atomic E-state index is 0.0178. The van der Waals surface area contributed by atoms with Gasteiger partial charge in [-0.25, -0.2) is 4.57 Å². The Morgan fingerprint density at radius 2 is 0.890 bits per heavy atom. The van der Waals surface area contributed by atoms with Crippen LogP contribution in [0.2, 0.25) is 0 Å². The molecule has 0 bridgehead atoms. The minimum Gasteiger partial charge on any atom is -0.455 e. The summed E-state index contributed by atoms with van der Waals surface area (Å²) < 4.78 is 180. The Morgan fingerprint density at radius 3 is 1.35 bits per heavy atom. The first-order valence-electron chi connectivity index (χ1n) is 26.8. The molecule has 0 atom stereocenters. The monoisotopic (exact) mass is 1330 g/mol. The number of nitrogens with zero attached hydrogens (tertiary/aromatic N) is 1. The van der Waals surface area contributed by atoms with Crippen LogP contribution in [0.3, 0.4) is 0 Å². The van der Waals surface area contributed by atoms with Gasteiger partial charge in [-0.2, -0.15) is 82.8 Å². The van der Waals surface area contributed by atoms with E-state index in [9.17, 15) is 46.6 Å². The van der Waals surface area contributed by atoms with E-state index in [1.807, 2.05) is 38.5 Å². The fourth-order valence-electron chi connectivity index (χ4n) is 10.8. The molecule has 0 radical (unpaired) electrons. The average molecular weight is 1340 g/mol. The van der Waals surface area contributed by atoms with Gasteiger partial charge in [-0.1, -0.05) is 100 Å². The smallest absolute Gasteiger partial charge is 0.357 e. The fraction of sp³-hybridized carbons (Fsp3) is 0.100. The number of rotatable bonds is 20. The van der Waals surface area contributed by atoms with Gasteiger partial charge in [0.25, 0.3) is 11.1 Å². The number of hydrogen-bond acceptors (Lipinski definition) is 23. The second-order valence-corrected chi connectivity index (χ2v) is 28.5. The lowest BCUT2D eigenvalue weighted by atomic mass is 9.91.